The summed E-state index contributed by atoms with van der Waals surface area (Å²) in [5.74, 6) is -5.60. The highest BCUT2D eigenvalue weighted by Gasteiger charge is 2.58. The topological polar surface area (TPSA) is 260 Å². The van der Waals surface area contributed by atoms with Crippen molar-refractivity contribution in [3.05, 3.63) is 35.9 Å². The molecule has 0 spiro atoms. The maximum absolute atomic E-state index is 13.1. The van der Waals surface area contributed by atoms with Gasteiger partial charge in [-0.15, -0.1) is 0 Å². The van der Waals surface area contributed by atoms with E-state index in [9.17, 15) is 38.7 Å². The number of aliphatic hydroxyl groups is 1. The van der Waals surface area contributed by atoms with E-state index in [1.165, 1.54) is 13.8 Å². The Morgan fingerprint density at radius 2 is 0.937 bits per heavy atom. The van der Waals surface area contributed by atoms with Crippen molar-refractivity contribution in [1.29, 1.82) is 0 Å². The first-order valence-electron chi connectivity index (χ1n) is 20.3. The van der Waals surface area contributed by atoms with E-state index in [2.05, 4.69) is 0 Å². The lowest BCUT2D eigenvalue weighted by Crippen LogP contribution is -2.67. The third kappa shape index (κ3) is 14.1. The Morgan fingerprint density at radius 1 is 0.540 bits per heavy atom. The van der Waals surface area contributed by atoms with E-state index in [1.807, 2.05) is 0 Å². The maximum atomic E-state index is 13.1. The fourth-order valence-electron chi connectivity index (χ4n) is 7.14. The van der Waals surface area contributed by atoms with Crippen LogP contribution in [0, 0.1) is 5.41 Å². The predicted molar refractivity (Wildman–Crippen MR) is 208 cm³/mol. The zero-order valence-electron chi connectivity index (χ0n) is 37.1. The van der Waals surface area contributed by atoms with Gasteiger partial charge in [-0.1, -0.05) is 30.3 Å². The van der Waals surface area contributed by atoms with Gasteiger partial charge in [0.05, 0.1) is 24.2 Å². The van der Waals surface area contributed by atoms with E-state index in [4.69, 9.17) is 61.6 Å². The highest BCUT2D eigenvalue weighted by Crippen LogP contribution is 2.37. The molecule has 63 heavy (non-hydrogen) atoms. The molecule has 1 aromatic rings. The quantitative estimate of drug-likeness (QED) is 0.194. The van der Waals surface area contributed by atoms with Gasteiger partial charge in [-0.3, -0.25) is 33.6 Å². The number of carbonyl (C=O) groups excluding carboxylic acids is 7. The van der Waals surface area contributed by atoms with Crippen LogP contribution in [0.4, 0.5) is 0 Å². The third-order valence-corrected chi connectivity index (χ3v) is 9.73. The molecule has 21 heteroatoms. The lowest BCUT2D eigenvalue weighted by atomic mass is 9.95. The molecule has 3 fully saturated rings. The van der Waals surface area contributed by atoms with Crippen LogP contribution in [0.25, 0.3) is 0 Å². The number of benzene rings is 1. The van der Waals surface area contributed by atoms with E-state index >= 15 is 0 Å². The van der Waals surface area contributed by atoms with E-state index in [0.717, 1.165) is 41.5 Å². The summed E-state index contributed by atoms with van der Waals surface area (Å²) in [6, 6.07) is 8.76. The van der Waals surface area contributed by atoms with Crippen molar-refractivity contribution in [2.24, 2.45) is 5.41 Å². The second-order valence-corrected chi connectivity index (χ2v) is 16.2. The summed E-state index contributed by atoms with van der Waals surface area (Å²) >= 11 is 0. The van der Waals surface area contributed by atoms with E-state index in [0.29, 0.717) is 5.56 Å². The number of hydrogen-bond acceptors (Lipinski definition) is 21. The van der Waals surface area contributed by atoms with Crippen LogP contribution in [0.2, 0.25) is 0 Å². The zero-order valence-corrected chi connectivity index (χ0v) is 37.1. The Kier molecular flexibility index (Phi) is 17.9. The summed E-state index contributed by atoms with van der Waals surface area (Å²) in [6.45, 7) is 13.6. The van der Waals surface area contributed by atoms with Crippen LogP contribution < -0.4 is 0 Å². The van der Waals surface area contributed by atoms with Crippen LogP contribution in [0.1, 0.15) is 81.7 Å². The third-order valence-electron chi connectivity index (χ3n) is 9.73. The average Bonchev–Trinajstić information content (AvgIpc) is 3.16. The standard InChI is InChI=1S/C42H58O21/c1-19-29(55-21(3)43)33(57-23(5)45)36(59-25(7)47)39(53-19)62-31-28(18-52-41(50)42(9,10)11)61-38(49)35(32(31)51-17-27-15-13-12-14-16-27)63-40-37(60-26(8)48)34(58-24(6)46)30(20(2)54-40)56-22(4)44/h12-16,19-20,28-40,49H,17-18H2,1-11H3/t19-,20-,28+,29-,30-,31+,32-,33+,34+,35+,36+,37+,38-,39-,40-/m0/s1. The Labute approximate surface area is 364 Å². The fourth-order valence-corrected chi connectivity index (χ4v) is 7.14. The van der Waals surface area contributed by atoms with Gasteiger partial charge in [-0.05, 0) is 40.2 Å². The maximum Gasteiger partial charge on any atom is 0.311 e. The second-order valence-electron chi connectivity index (χ2n) is 16.2. The molecule has 4 rings (SSSR count). The predicted octanol–water partition coefficient (Wildman–Crippen LogP) is 1.73. The summed E-state index contributed by atoms with van der Waals surface area (Å²) in [5, 5.41) is 11.8. The molecule has 3 saturated heterocycles. The molecule has 0 aliphatic carbocycles. The largest absolute Gasteiger partial charge is 0.462 e. The summed E-state index contributed by atoms with van der Waals surface area (Å²) in [6.07, 6.45) is -22.4. The van der Waals surface area contributed by atoms with Crippen LogP contribution in [0.5, 0.6) is 0 Å². The van der Waals surface area contributed by atoms with Gasteiger partial charge in [-0.2, -0.15) is 0 Å². The van der Waals surface area contributed by atoms with Crippen molar-refractivity contribution in [2.75, 3.05) is 6.61 Å². The van der Waals surface area contributed by atoms with Gasteiger partial charge < -0.3 is 66.7 Å². The highest BCUT2D eigenvalue weighted by molar-refractivity contribution is 5.75. The normalized spacial score (nSPS) is 33.2. The van der Waals surface area contributed by atoms with Crippen LogP contribution in [0.15, 0.2) is 30.3 Å². The molecular formula is C42H58O21. The van der Waals surface area contributed by atoms with Crippen LogP contribution in [-0.2, 0) is 102 Å². The molecule has 15 atom stereocenters. The van der Waals surface area contributed by atoms with Gasteiger partial charge in [0, 0.05) is 41.5 Å². The van der Waals surface area contributed by atoms with Crippen LogP contribution in [-0.4, -0.2) is 146 Å². The molecule has 352 valence electrons. The Hall–Kier alpha value is -4.77. The zero-order chi connectivity index (χ0) is 46.9. The van der Waals surface area contributed by atoms with Gasteiger partial charge in [0.25, 0.3) is 0 Å². The van der Waals surface area contributed by atoms with Gasteiger partial charge in [0.1, 0.15) is 31.0 Å². The molecular weight excluding hydrogens is 840 g/mol. The number of carbonyl (C=O) groups is 7. The molecule has 3 aliphatic rings. The first-order valence-corrected chi connectivity index (χ1v) is 20.3. The highest BCUT2D eigenvalue weighted by atomic mass is 16.8. The molecule has 1 N–H and O–H groups in total. The Balaban J connectivity index is 1.86. The number of hydrogen-bond donors (Lipinski definition) is 1. The minimum absolute atomic E-state index is 0.174. The monoisotopic (exact) mass is 898 g/mol. The van der Waals surface area contributed by atoms with Crippen molar-refractivity contribution in [2.45, 2.75) is 175 Å². The van der Waals surface area contributed by atoms with Crippen molar-refractivity contribution < 1.29 is 100 Å². The fraction of sp³-hybridized carbons (Fsp3) is 0.690. The summed E-state index contributed by atoms with van der Waals surface area (Å²) < 4.78 is 76.7. The van der Waals surface area contributed by atoms with Gasteiger partial charge in [-0.25, -0.2) is 0 Å². The molecule has 0 bridgehead atoms. The number of ether oxygens (including phenoxy) is 13. The number of esters is 7. The minimum atomic E-state index is -1.96. The molecule has 3 heterocycles. The smallest absolute Gasteiger partial charge is 0.311 e. The summed E-state index contributed by atoms with van der Waals surface area (Å²) in [5.41, 5.74) is -0.363. The second kappa shape index (κ2) is 22.2. The van der Waals surface area contributed by atoms with Crippen molar-refractivity contribution in [3.63, 3.8) is 0 Å². The molecule has 3 aliphatic heterocycles. The van der Waals surface area contributed by atoms with Crippen LogP contribution in [0.3, 0.4) is 0 Å². The number of aliphatic hydroxyl groups excluding tert-OH is 1. The lowest BCUT2D eigenvalue weighted by Gasteiger charge is -2.50. The van der Waals surface area contributed by atoms with Gasteiger partial charge in [0.15, 0.2) is 55.5 Å². The summed E-state index contributed by atoms with van der Waals surface area (Å²) in [7, 11) is 0. The Bertz CT molecular complexity index is 1760. The first-order chi connectivity index (χ1) is 29.5. The first kappa shape index (κ1) is 50.9. The number of rotatable bonds is 15. The van der Waals surface area contributed by atoms with E-state index in [-0.39, 0.29) is 6.61 Å². The van der Waals surface area contributed by atoms with Crippen molar-refractivity contribution in [1.82, 2.24) is 0 Å². The Morgan fingerprint density at radius 3 is 1.35 bits per heavy atom. The molecule has 0 aromatic heterocycles. The average molecular weight is 899 g/mol. The molecule has 0 amide bonds. The molecule has 0 radical (unpaired) electrons. The van der Waals surface area contributed by atoms with Crippen LogP contribution >= 0.6 is 0 Å². The molecule has 0 saturated carbocycles. The van der Waals surface area contributed by atoms with Crippen molar-refractivity contribution in [3.8, 4) is 0 Å². The molecule has 21 nitrogen and oxygen atoms in total. The molecule has 0 unspecified atom stereocenters. The molecule has 1 aromatic carbocycles. The minimum Gasteiger partial charge on any atom is -0.462 e. The van der Waals surface area contributed by atoms with Gasteiger partial charge in [0.2, 0.25) is 0 Å². The van der Waals surface area contributed by atoms with E-state index in [1.54, 1.807) is 51.1 Å². The van der Waals surface area contributed by atoms with Crippen molar-refractivity contribution >= 4 is 41.8 Å². The SMILES string of the molecule is CC(=O)O[C@@H]1[C@@H](OC(C)=O)[C@H](C)O[C@@H](O[C@@H]2[C@@H](OCc3ccccc3)[C@H](O[C@@H]3O[C@@H](C)[C@H](OC(C)=O)[C@@H](OC(C)=O)[C@H]3OC(C)=O)[C@@H](COC(=O)C(C)(C)C)O[C@@H]2O)[C@@H]1OC(C)=O. The lowest BCUT2D eigenvalue weighted by molar-refractivity contribution is -0.384. The van der Waals surface area contributed by atoms with Gasteiger partial charge >= 0.3 is 41.8 Å². The van der Waals surface area contributed by atoms with E-state index < -0.39 is 146 Å². The summed E-state index contributed by atoms with van der Waals surface area (Å²) in [4.78, 5) is 87.5.